The molecule has 2 saturated heterocycles. The zero-order valence-electron chi connectivity index (χ0n) is 21.4. The van der Waals surface area contributed by atoms with Gasteiger partial charge in [0.15, 0.2) is 11.5 Å². The number of hydrogen-bond acceptors (Lipinski definition) is 7. The summed E-state index contributed by atoms with van der Waals surface area (Å²) in [6.07, 6.45) is 1.34. The number of amides is 1. The third-order valence-electron chi connectivity index (χ3n) is 7.40. The van der Waals surface area contributed by atoms with Gasteiger partial charge in [-0.3, -0.25) is 9.59 Å². The van der Waals surface area contributed by atoms with Crippen molar-refractivity contribution in [3.05, 3.63) is 57.1 Å². The van der Waals surface area contributed by atoms with Crippen molar-refractivity contribution in [2.75, 3.05) is 46.5 Å². The third kappa shape index (κ3) is 5.00. The van der Waals surface area contributed by atoms with Crippen molar-refractivity contribution in [2.24, 2.45) is 0 Å². The molecule has 3 aliphatic heterocycles. The van der Waals surface area contributed by atoms with Gasteiger partial charge in [-0.15, -0.1) is 0 Å². The average Bonchev–Trinajstić information content (AvgIpc) is 3.41. The highest BCUT2D eigenvalue weighted by Crippen LogP contribution is 2.44. The Bertz CT molecular complexity index is 1290. The van der Waals surface area contributed by atoms with Gasteiger partial charge in [-0.25, -0.2) is 0 Å². The molecule has 0 bridgehead atoms. The van der Waals surface area contributed by atoms with E-state index in [4.69, 9.17) is 14.2 Å². The van der Waals surface area contributed by atoms with Crippen LogP contribution in [0.15, 0.2) is 40.4 Å². The number of aromatic hydroxyl groups is 1. The topological polar surface area (TPSA) is 113 Å². The highest BCUT2D eigenvalue weighted by Gasteiger charge is 2.44. The number of fused-ring (bicyclic) bond motifs is 1. The SMILES string of the molecule is COc1cc(C2/C(=C(\[O-])c3ccc4c(c3)CC(C)O4)C(=O)C(=O)N2CCC[NH+]2CCOCC2)cc(Br)c1O. The van der Waals surface area contributed by atoms with Gasteiger partial charge in [-0.2, -0.15) is 0 Å². The van der Waals surface area contributed by atoms with E-state index in [1.54, 1.807) is 30.3 Å². The summed E-state index contributed by atoms with van der Waals surface area (Å²) < 4.78 is 16.8. The Morgan fingerprint density at radius 1 is 1.24 bits per heavy atom. The summed E-state index contributed by atoms with van der Waals surface area (Å²) in [4.78, 5) is 29.6. The molecule has 3 aliphatic rings. The van der Waals surface area contributed by atoms with Gasteiger partial charge in [-0.1, -0.05) is 11.8 Å². The van der Waals surface area contributed by atoms with Crippen LogP contribution in [-0.4, -0.2) is 74.3 Å². The molecule has 0 aliphatic carbocycles. The number of morpholine rings is 1. The Labute approximate surface area is 229 Å². The van der Waals surface area contributed by atoms with Crippen LogP contribution in [0.4, 0.5) is 0 Å². The van der Waals surface area contributed by atoms with Crippen molar-refractivity contribution in [3.63, 3.8) is 0 Å². The number of rotatable bonds is 7. The van der Waals surface area contributed by atoms with Gasteiger partial charge in [0.2, 0.25) is 5.78 Å². The average molecular weight is 587 g/mol. The number of halogens is 1. The Morgan fingerprint density at radius 2 is 2.00 bits per heavy atom. The van der Waals surface area contributed by atoms with Crippen LogP contribution < -0.4 is 19.5 Å². The Hall–Kier alpha value is -3.08. The molecule has 9 nitrogen and oxygen atoms in total. The number of phenols is 1. The van der Waals surface area contributed by atoms with Crippen molar-refractivity contribution in [2.45, 2.75) is 31.9 Å². The number of likely N-dealkylation sites (tertiary alicyclic amines) is 1. The molecule has 0 radical (unpaired) electrons. The van der Waals surface area contributed by atoms with Gasteiger partial charge in [0, 0.05) is 25.0 Å². The maximum atomic E-state index is 13.9. The number of methoxy groups -OCH3 is 1. The van der Waals surface area contributed by atoms with E-state index in [0.29, 0.717) is 48.2 Å². The number of hydrogen-bond donors (Lipinski definition) is 2. The lowest BCUT2D eigenvalue weighted by Gasteiger charge is -2.29. The molecule has 38 heavy (non-hydrogen) atoms. The van der Waals surface area contributed by atoms with Crippen molar-refractivity contribution >= 4 is 33.4 Å². The van der Waals surface area contributed by atoms with Crippen molar-refractivity contribution in [3.8, 4) is 17.2 Å². The molecule has 2 fully saturated rings. The van der Waals surface area contributed by atoms with Gasteiger partial charge in [-0.05, 0) is 63.8 Å². The quantitative estimate of drug-likeness (QED) is 0.283. The molecule has 2 N–H and O–H groups in total. The lowest BCUT2D eigenvalue weighted by Crippen LogP contribution is -3.14. The van der Waals surface area contributed by atoms with Crippen LogP contribution in [0, 0.1) is 0 Å². The summed E-state index contributed by atoms with van der Waals surface area (Å²) in [6, 6.07) is 7.42. The van der Waals surface area contributed by atoms with E-state index in [9.17, 15) is 19.8 Å². The molecule has 10 heteroatoms. The van der Waals surface area contributed by atoms with Crippen LogP contribution in [0.3, 0.4) is 0 Å². The van der Waals surface area contributed by atoms with E-state index in [0.717, 1.165) is 30.9 Å². The number of ether oxygens (including phenoxy) is 3. The zero-order valence-corrected chi connectivity index (χ0v) is 23.0. The van der Waals surface area contributed by atoms with Crippen LogP contribution in [0.25, 0.3) is 5.76 Å². The van der Waals surface area contributed by atoms with Crippen LogP contribution in [0.5, 0.6) is 17.2 Å². The number of benzene rings is 2. The Kier molecular flexibility index (Phi) is 7.65. The number of nitrogens with one attached hydrogen (secondary N) is 1. The lowest BCUT2D eigenvalue weighted by molar-refractivity contribution is -0.908. The minimum Gasteiger partial charge on any atom is -0.872 e. The first-order valence-corrected chi connectivity index (χ1v) is 13.6. The first-order valence-electron chi connectivity index (χ1n) is 12.8. The van der Waals surface area contributed by atoms with E-state index in [-0.39, 0.29) is 23.2 Å². The maximum absolute atomic E-state index is 13.9. The van der Waals surface area contributed by atoms with Crippen LogP contribution in [-0.2, 0) is 20.7 Å². The molecule has 2 aromatic rings. The van der Waals surface area contributed by atoms with Gasteiger partial charge in [0.05, 0.1) is 37.4 Å². The second kappa shape index (κ2) is 11.0. The monoisotopic (exact) mass is 586 g/mol. The molecule has 202 valence electrons. The van der Waals surface area contributed by atoms with E-state index in [1.807, 2.05) is 6.92 Å². The fourth-order valence-electron chi connectivity index (χ4n) is 5.48. The van der Waals surface area contributed by atoms with E-state index in [2.05, 4.69) is 15.9 Å². The largest absolute Gasteiger partial charge is 0.872 e. The summed E-state index contributed by atoms with van der Waals surface area (Å²) in [7, 11) is 1.42. The molecular formula is C28H31BrN2O7. The summed E-state index contributed by atoms with van der Waals surface area (Å²) in [6.45, 7) is 6.30. The van der Waals surface area contributed by atoms with Gasteiger partial charge in [0.25, 0.3) is 5.91 Å². The molecule has 3 heterocycles. The van der Waals surface area contributed by atoms with Gasteiger partial charge < -0.3 is 34.2 Å². The molecule has 1 amide bonds. The zero-order chi connectivity index (χ0) is 27.0. The molecule has 2 unspecified atom stereocenters. The molecule has 0 saturated carbocycles. The molecule has 5 rings (SSSR count). The number of phenolic OH excluding ortho intramolecular Hbond substituents is 1. The van der Waals surface area contributed by atoms with Crippen molar-refractivity contribution in [1.29, 1.82) is 0 Å². The molecular weight excluding hydrogens is 556 g/mol. The molecule has 0 aromatic heterocycles. The highest BCUT2D eigenvalue weighted by molar-refractivity contribution is 9.10. The van der Waals surface area contributed by atoms with Crippen LogP contribution in [0.2, 0.25) is 0 Å². The summed E-state index contributed by atoms with van der Waals surface area (Å²) in [5.41, 5.74) is 1.65. The smallest absolute Gasteiger partial charge is 0.295 e. The minimum absolute atomic E-state index is 0.0105. The minimum atomic E-state index is -0.906. The van der Waals surface area contributed by atoms with E-state index < -0.39 is 23.5 Å². The fourth-order valence-corrected chi connectivity index (χ4v) is 5.94. The molecule has 0 spiro atoms. The van der Waals surface area contributed by atoms with Crippen molar-refractivity contribution < 1.29 is 38.9 Å². The van der Waals surface area contributed by atoms with Gasteiger partial charge in [0.1, 0.15) is 24.9 Å². The first-order chi connectivity index (χ1) is 18.3. The summed E-state index contributed by atoms with van der Waals surface area (Å²) in [5, 5.41) is 24.2. The number of carbonyl (C=O) groups is 2. The standard InChI is InChI=1S/C28H31BrN2O7/c1-16-12-18-13-17(4-5-21(18)38-16)25(32)23-24(19-14-20(29)26(33)22(15-19)36-2)31(28(35)27(23)34)7-3-6-30-8-10-37-11-9-30/h4-5,13-16,24,32-33H,3,6-12H2,1-2H3/b25-23+. The Morgan fingerprint density at radius 3 is 2.74 bits per heavy atom. The number of quaternary nitrogens is 1. The lowest BCUT2D eigenvalue weighted by atomic mass is 9.94. The second-order valence-electron chi connectivity index (χ2n) is 9.95. The summed E-state index contributed by atoms with van der Waals surface area (Å²) >= 11 is 3.34. The van der Waals surface area contributed by atoms with E-state index >= 15 is 0 Å². The number of nitrogens with zero attached hydrogens (tertiary/aromatic N) is 1. The highest BCUT2D eigenvalue weighted by atomic mass is 79.9. The summed E-state index contributed by atoms with van der Waals surface area (Å²) in [5.74, 6) is -1.18. The van der Waals surface area contributed by atoms with Crippen molar-refractivity contribution in [1.82, 2.24) is 4.90 Å². The predicted molar refractivity (Wildman–Crippen MR) is 140 cm³/mol. The first kappa shape index (κ1) is 26.5. The molecule has 2 aromatic carbocycles. The second-order valence-corrected chi connectivity index (χ2v) is 10.8. The van der Waals surface area contributed by atoms with Crippen LogP contribution >= 0.6 is 15.9 Å². The number of Topliss-reactive ketones (excluding diaryl/α,β-unsaturated/α-hetero) is 1. The number of carbonyl (C=O) groups excluding carboxylic acids is 2. The Balaban J connectivity index is 1.54. The molecule has 2 atom stereocenters. The maximum Gasteiger partial charge on any atom is 0.295 e. The fraction of sp³-hybridized carbons (Fsp3) is 0.429. The normalized spacial score (nSPS) is 23.0. The predicted octanol–water partition coefficient (Wildman–Crippen LogP) is 1.02. The van der Waals surface area contributed by atoms with Gasteiger partial charge >= 0.3 is 0 Å². The third-order valence-corrected chi connectivity index (χ3v) is 8.01. The van der Waals surface area contributed by atoms with E-state index in [1.165, 1.54) is 16.9 Å². The van der Waals surface area contributed by atoms with Crippen LogP contribution in [0.1, 0.15) is 36.1 Å². The number of ketones is 1.